The summed E-state index contributed by atoms with van der Waals surface area (Å²) in [5.41, 5.74) is 1.08. The second-order valence-electron chi connectivity index (χ2n) is 6.78. The molecule has 0 aliphatic carbocycles. The third-order valence-electron chi connectivity index (χ3n) is 4.90. The van der Waals surface area contributed by atoms with Crippen LogP contribution >= 0.6 is 0 Å². The molecule has 0 radical (unpaired) electrons. The number of urea groups is 1. The highest BCUT2D eigenvalue weighted by Crippen LogP contribution is 2.20. The first kappa shape index (κ1) is 19.7. The number of benzene rings is 2. The molecule has 1 heterocycles. The van der Waals surface area contributed by atoms with Gasteiger partial charge in [0.15, 0.2) is 0 Å². The van der Waals surface area contributed by atoms with Crippen LogP contribution in [0.25, 0.3) is 0 Å². The van der Waals surface area contributed by atoms with Crippen molar-refractivity contribution in [3.8, 4) is 5.75 Å². The molecule has 2 aromatic rings. The summed E-state index contributed by atoms with van der Waals surface area (Å²) in [4.78, 5) is 26.4. The molecular weight excluding hydrogens is 361 g/mol. The quantitative estimate of drug-likeness (QED) is 0.828. The number of halogens is 1. The Labute approximate surface area is 163 Å². The van der Waals surface area contributed by atoms with Crippen LogP contribution < -0.4 is 15.4 Å². The fraction of sp³-hybridized carbons (Fsp3) is 0.333. The van der Waals surface area contributed by atoms with Crippen LogP contribution in [-0.2, 0) is 0 Å². The van der Waals surface area contributed by atoms with Crippen LogP contribution in [0.1, 0.15) is 23.2 Å². The predicted molar refractivity (Wildman–Crippen MR) is 105 cm³/mol. The number of piperidine rings is 1. The van der Waals surface area contributed by atoms with Gasteiger partial charge in [-0.05, 0) is 55.2 Å². The maximum atomic E-state index is 12.9. The van der Waals surface area contributed by atoms with Crippen molar-refractivity contribution in [2.75, 3.05) is 32.1 Å². The zero-order valence-electron chi connectivity index (χ0n) is 15.8. The maximum absolute atomic E-state index is 12.9. The van der Waals surface area contributed by atoms with Gasteiger partial charge in [0.05, 0.1) is 12.7 Å². The summed E-state index contributed by atoms with van der Waals surface area (Å²) in [7, 11) is 1.54. The van der Waals surface area contributed by atoms with Crippen LogP contribution in [0.5, 0.6) is 5.75 Å². The van der Waals surface area contributed by atoms with Gasteiger partial charge in [-0.25, -0.2) is 9.18 Å². The molecule has 0 unspecified atom stereocenters. The number of para-hydroxylation sites is 1. The summed E-state index contributed by atoms with van der Waals surface area (Å²) in [5.74, 6) is 0.365. The van der Waals surface area contributed by atoms with Gasteiger partial charge in [-0.2, -0.15) is 0 Å². The summed E-state index contributed by atoms with van der Waals surface area (Å²) >= 11 is 0. The van der Waals surface area contributed by atoms with E-state index in [1.54, 1.807) is 30.2 Å². The van der Waals surface area contributed by atoms with Crippen molar-refractivity contribution in [3.63, 3.8) is 0 Å². The second-order valence-corrected chi connectivity index (χ2v) is 6.78. The molecule has 148 valence electrons. The Balaban J connectivity index is 1.44. The number of nitrogens with one attached hydrogen (secondary N) is 2. The predicted octanol–water partition coefficient (Wildman–Crippen LogP) is 3.51. The molecule has 0 atom stereocenters. The van der Waals surface area contributed by atoms with Gasteiger partial charge >= 0.3 is 6.03 Å². The Morgan fingerprint density at radius 2 is 1.79 bits per heavy atom. The molecule has 1 saturated heterocycles. The highest BCUT2D eigenvalue weighted by Gasteiger charge is 2.23. The van der Waals surface area contributed by atoms with E-state index < -0.39 is 0 Å². The minimum Gasteiger partial charge on any atom is -0.496 e. The normalized spacial score (nSPS) is 14.4. The Hall–Kier alpha value is -3.09. The van der Waals surface area contributed by atoms with Crippen molar-refractivity contribution < 1.29 is 18.7 Å². The summed E-state index contributed by atoms with van der Waals surface area (Å²) in [6.07, 6.45) is 1.62. The number of methoxy groups -OCH3 is 1. The van der Waals surface area contributed by atoms with Crippen molar-refractivity contribution in [3.05, 3.63) is 59.9 Å². The number of rotatable bonds is 5. The van der Waals surface area contributed by atoms with Crippen molar-refractivity contribution >= 4 is 17.6 Å². The number of carbonyl (C=O) groups excluding carboxylic acids is 2. The Morgan fingerprint density at radius 3 is 2.46 bits per heavy atom. The number of likely N-dealkylation sites (tertiary alicyclic amines) is 1. The zero-order chi connectivity index (χ0) is 19.9. The van der Waals surface area contributed by atoms with Gasteiger partial charge in [-0.3, -0.25) is 4.79 Å². The van der Waals surface area contributed by atoms with Crippen LogP contribution in [0.15, 0.2) is 48.5 Å². The summed E-state index contributed by atoms with van der Waals surface area (Å²) in [6, 6.07) is 12.6. The molecule has 1 aliphatic heterocycles. The lowest BCUT2D eigenvalue weighted by Crippen LogP contribution is -2.43. The van der Waals surface area contributed by atoms with Gasteiger partial charge in [-0.15, -0.1) is 0 Å². The van der Waals surface area contributed by atoms with Gasteiger partial charge in [0.1, 0.15) is 11.6 Å². The average Bonchev–Trinajstić information content (AvgIpc) is 2.74. The van der Waals surface area contributed by atoms with E-state index in [4.69, 9.17) is 4.74 Å². The lowest BCUT2D eigenvalue weighted by molar-refractivity contribution is 0.0935. The van der Waals surface area contributed by atoms with Crippen LogP contribution in [0.2, 0.25) is 0 Å². The number of hydrogen-bond donors (Lipinski definition) is 2. The van der Waals surface area contributed by atoms with Gasteiger partial charge in [-0.1, -0.05) is 12.1 Å². The summed E-state index contributed by atoms with van der Waals surface area (Å²) in [5, 5.41) is 5.73. The van der Waals surface area contributed by atoms with Crippen LogP contribution in [0.4, 0.5) is 14.9 Å². The van der Waals surface area contributed by atoms with E-state index in [0.29, 0.717) is 42.6 Å². The molecule has 3 amide bonds. The molecule has 2 aromatic carbocycles. The molecule has 7 heteroatoms. The van der Waals surface area contributed by atoms with E-state index in [9.17, 15) is 14.0 Å². The minimum absolute atomic E-state index is 0.158. The summed E-state index contributed by atoms with van der Waals surface area (Å²) in [6.45, 7) is 1.79. The Kier molecular flexibility index (Phi) is 6.47. The number of hydrogen-bond acceptors (Lipinski definition) is 3. The third kappa shape index (κ3) is 5.00. The van der Waals surface area contributed by atoms with Gasteiger partial charge < -0.3 is 20.3 Å². The SMILES string of the molecule is COc1ccccc1C(=O)NCC1CCN(C(=O)Nc2ccc(F)cc2)CC1. The monoisotopic (exact) mass is 385 g/mol. The maximum Gasteiger partial charge on any atom is 0.321 e. The van der Waals surface area contributed by atoms with Crippen molar-refractivity contribution in [1.82, 2.24) is 10.2 Å². The number of amides is 3. The molecule has 0 spiro atoms. The molecule has 1 fully saturated rings. The second kappa shape index (κ2) is 9.21. The van der Waals surface area contributed by atoms with Crippen molar-refractivity contribution in [1.29, 1.82) is 0 Å². The lowest BCUT2D eigenvalue weighted by atomic mass is 9.97. The van der Waals surface area contributed by atoms with Crippen LogP contribution in [0, 0.1) is 11.7 Å². The van der Waals surface area contributed by atoms with E-state index in [1.165, 1.54) is 24.3 Å². The van der Waals surface area contributed by atoms with E-state index in [0.717, 1.165) is 12.8 Å². The summed E-state index contributed by atoms with van der Waals surface area (Å²) < 4.78 is 18.2. The number of anilines is 1. The molecule has 0 aromatic heterocycles. The average molecular weight is 385 g/mol. The van der Waals surface area contributed by atoms with Crippen molar-refractivity contribution in [2.24, 2.45) is 5.92 Å². The van der Waals surface area contributed by atoms with Gasteiger partial charge in [0.25, 0.3) is 5.91 Å². The molecule has 0 bridgehead atoms. The molecule has 6 nitrogen and oxygen atoms in total. The number of nitrogens with zero attached hydrogens (tertiary/aromatic N) is 1. The first-order valence-corrected chi connectivity index (χ1v) is 9.29. The van der Waals surface area contributed by atoms with E-state index in [-0.39, 0.29) is 17.8 Å². The van der Waals surface area contributed by atoms with Crippen molar-refractivity contribution in [2.45, 2.75) is 12.8 Å². The topological polar surface area (TPSA) is 70.7 Å². The first-order valence-electron chi connectivity index (χ1n) is 9.29. The molecular formula is C21H24FN3O3. The smallest absolute Gasteiger partial charge is 0.321 e. The number of ether oxygens (including phenoxy) is 1. The fourth-order valence-corrected chi connectivity index (χ4v) is 3.24. The molecule has 2 N–H and O–H groups in total. The Morgan fingerprint density at radius 1 is 1.11 bits per heavy atom. The minimum atomic E-state index is -0.339. The van der Waals surface area contributed by atoms with Crippen LogP contribution in [-0.4, -0.2) is 43.6 Å². The molecule has 3 rings (SSSR count). The molecule has 28 heavy (non-hydrogen) atoms. The number of carbonyl (C=O) groups is 2. The highest BCUT2D eigenvalue weighted by atomic mass is 19.1. The lowest BCUT2D eigenvalue weighted by Gasteiger charge is -2.32. The standard InChI is InChI=1S/C21H24FN3O3/c1-28-19-5-3-2-4-18(19)20(26)23-14-15-10-12-25(13-11-15)21(27)24-17-8-6-16(22)7-9-17/h2-9,15H,10-14H2,1H3,(H,23,26)(H,24,27). The Bertz CT molecular complexity index is 818. The van der Waals surface area contributed by atoms with E-state index >= 15 is 0 Å². The van der Waals surface area contributed by atoms with Gasteiger partial charge in [0, 0.05) is 25.3 Å². The third-order valence-corrected chi connectivity index (χ3v) is 4.90. The first-order chi connectivity index (χ1) is 13.6. The molecule has 1 aliphatic rings. The zero-order valence-corrected chi connectivity index (χ0v) is 15.8. The fourth-order valence-electron chi connectivity index (χ4n) is 3.24. The largest absolute Gasteiger partial charge is 0.496 e. The highest BCUT2D eigenvalue weighted by molar-refractivity contribution is 5.96. The van der Waals surface area contributed by atoms with E-state index in [2.05, 4.69) is 10.6 Å². The van der Waals surface area contributed by atoms with Gasteiger partial charge in [0.2, 0.25) is 0 Å². The molecule has 0 saturated carbocycles. The van der Waals surface area contributed by atoms with E-state index in [1.807, 2.05) is 6.07 Å². The van der Waals surface area contributed by atoms with Crippen LogP contribution in [0.3, 0.4) is 0 Å².